The van der Waals surface area contributed by atoms with Gasteiger partial charge in [-0.05, 0) is 6.07 Å². The zero-order valence-corrected chi connectivity index (χ0v) is 9.35. The van der Waals surface area contributed by atoms with Crippen LogP contribution in [-0.4, -0.2) is 17.0 Å². The second-order valence-electron chi connectivity index (χ2n) is 3.37. The van der Waals surface area contributed by atoms with Gasteiger partial charge in [0.25, 0.3) is 0 Å². The van der Waals surface area contributed by atoms with E-state index in [1.807, 2.05) is 0 Å². The number of nitrogens with zero attached hydrogens (tertiary/aromatic N) is 2. The Balaban J connectivity index is 2.05. The van der Waals surface area contributed by atoms with Gasteiger partial charge in [0.2, 0.25) is 5.88 Å². The highest BCUT2D eigenvalue weighted by atomic mass is 19.1. The molecular weight excluding hydrogens is 221 g/mol. The van der Waals surface area contributed by atoms with Crippen LogP contribution in [-0.2, 0) is 6.61 Å². The molecule has 4 nitrogen and oxygen atoms in total. The van der Waals surface area contributed by atoms with Crippen LogP contribution in [0.1, 0.15) is 5.56 Å². The summed E-state index contributed by atoms with van der Waals surface area (Å²) in [5.41, 5.74) is 0.497. The first-order valence-corrected chi connectivity index (χ1v) is 5.15. The smallest absolute Gasteiger partial charge is 0.218 e. The van der Waals surface area contributed by atoms with Crippen molar-refractivity contribution in [3.05, 3.63) is 48.0 Å². The van der Waals surface area contributed by atoms with Crippen LogP contribution in [0.2, 0.25) is 0 Å². The van der Waals surface area contributed by atoms with E-state index in [0.29, 0.717) is 17.3 Å². The predicted octanol–water partition coefficient (Wildman–Crippen LogP) is 2.24. The van der Waals surface area contributed by atoms with E-state index in [1.54, 1.807) is 31.3 Å². The topological polar surface area (TPSA) is 47.0 Å². The lowest BCUT2D eigenvalue weighted by Gasteiger charge is -2.06. The van der Waals surface area contributed by atoms with Gasteiger partial charge >= 0.3 is 0 Å². The quantitative estimate of drug-likeness (QED) is 0.879. The Labute approximate surface area is 98.5 Å². The molecule has 1 aromatic carbocycles. The van der Waals surface area contributed by atoms with E-state index in [1.165, 1.54) is 12.4 Å². The monoisotopic (exact) mass is 233 g/mol. The van der Waals surface area contributed by atoms with E-state index < -0.39 is 0 Å². The lowest BCUT2D eigenvalue weighted by Crippen LogP contribution is -2.01. The van der Waals surface area contributed by atoms with E-state index in [2.05, 4.69) is 15.3 Å². The molecule has 5 heteroatoms. The van der Waals surface area contributed by atoms with Crippen LogP contribution in [0.15, 0.2) is 36.7 Å². The molecule has 0 saturated heterocycles. The van der Waals surface area contributed by atoms with Crippen LogP contribution in [0.4, 0.5) is 10.2 Å². The van der Waals surface area contributed by atoms with Gasteiger partial charge in [0, 0.05) is 18.7 Å². The molecule has 88 valence electrons. The second kappa shape index (κ2) is 5.25. The Bertz CT molecular complexity index is 505. The normalized spacial score (nSPS) is 10.0. The van der Waals surface area contributed by atoms with E-state index in [0.717, 1.165) is 0 Å². The van der Waals surface area contributed by atoms with Crippen LogP contribution < -0.4 is 10.1 Å². The highest BCUT2D eigenvalue weighted by Gasteiger charge is 2.03. The molecule has 0 spiro atoms. The number of benzene rings is 1. The van der Waals surface area contributed by atoms with Crippen molar-refractivity contribution in [3.8, 4) is 5.88 Å². The minimum atomic E-state index is -0.282. The molecular formula is C12H12FN3O. The van der Waals surface area contributed by atoms with E-state index >= 15 is 0 Å². The first-order chi connectivity index (χ1) is 8.29. The molecule has 0 atom stereocenters. The minimum Gasteiger partial charge on any atom is -0.473 e. The van der Waals surface area contributed by atoms with Crippen molar-refractivity contribution in [2.45, 2.75) is 6.61 Å². The fourth-order valence-corrected chi connectivity index (χ4v) is 1.32. The van der Waals surface area contributed by atoms with E-state index in [-0.39, 0.29) is 12.4 Å². The van der Waals surface area contributed by atoms with Gasteiger partial charge in [-0.1, -0.05) is 18.2 Å². The summed E-state index contributed by atoms with van der Waals surface area (Å²) in [7, 11) is 1.75. The van der Waals surface area contributed by atoms with Crippen LogP contribution in [0, 0.1) is 5.82 Å². The number of ether oxygens (including phenoxy) is 1. The number of anilines is 1. The summed E-state index contributed by atoms with van der Waals surface area (Å²) in [4.78, 5) is 7.89. The second-order valence-corrected chi connectivity index (χ2v) is 3.37. The molecule has 1 N–H and O–H groups in total. The van der Waals surface area contributed by atoms with Gasteiger partial charge in [-0.25, -0.2) is 14.4 Å². The Morgan fingerprint density at radius 3 is 2.88 bits per heavy atom. The molecule has 2 aromatic rings. The Kier molecular flexibility index (Phi) is 3.49. The lowest BCUT2D eigenvalue weighted by molar-refractivity contribution is 0.287. The minimum absolute atomic E-state index is 0.146. The van der Waals surface area contributed by atoms with Crippen molar-refractivity contribution in [1.82, 2.24) is 9.97 Å². The molecule has 0 aliphatic rings. The van der Waals surface area contributed by atoms with Gasteiger partial charge in [0.15, 0.2) is 0 Å². The number of nitrogens with one attached hydrogen (secondary N) is 1. The van der Waals surface area contributed by atoms with Gasteiger partial charge in [-0.3, -0.25) is 0 Å². The van der Waals surface area contributed by atoms with Crippen molar-refractivity contribution >= 4 is 5.82 Å². The molecule has 17 heavy (non-hydrogen) atoms. The third kappa shape index (κ3) is 2.90. The van der Waals surface area contributed by atoms with Crippen molar-refractivity contribution in [2.24, 2.45) is 0 Å². The zero-order valence-electron chi connectivity index (χ0n) is 9.35. The maximum Gasteiger partial charge on any atom is 0.218 e. The maximum absolute atomic E-state index is 13.3. The SMILES string of the molecule is CNc1cc(OCc2ccccc2F)ncn1. The molecule has 0 unspecified atom stereocenters. The largest absolute Gasteiger partial charge is 0.473 e. The average Bonchev–Trinajstić information content (AvgIpc) is 2.38. The van der Waals surface area contributed by atoms with Gasteiger partial charge in [0.05, 0.1) is 0 Å². The van der Waals surface area contributed by atoms with Crippen molar-refractivity contribution in [3.63, 3.8) is 0 Å². The van der Waals surface area contributed by atoms with E-state index in [4.69, 9.17) is 4.74 Å². The summed E-state index contributed by atoms with van der Waals surface area (Å²) in [6.07, 6.45) is 1.39. The fourth-order valence-electron chi connectivity index (χ4n) is 1.32. The van der Waals surface area contributed by atoms with Crippen LogP contribution in [0.5, 0.6) is 5.88 Å². The average molecular weight is 233 g/mol. The third-order valence-electron chi connectivity index (χ3n) is 2.23. The zero-order chi connectivity index (χ0) is 12.1. The third-order valence-corrected chi connectivity index (χ3v) is 2.23. The first kappa shape index (κ1) is 11.3. The fraction of sp³-hybridized carbons (Fsp3) is 0.167. The summed E-state index contributed by atoms with van der Waals surface area (Å²) >= 11 is 0. The van der Waals surface area contributed by atoms with Gasteiger partial charge < -0.3 is 10.1 Å². The Hall–Kier alpha value is -2.17. The summed E-state index contributed by atoms with van der Waals surface area (Å²) in [5, 5.41) is 2.87. The molecule has 1 aromatic heterocycles. The summed E-state index contributed by atoms with van der Waals surface area (Å²) in [6.45, 7) is 0.146. The predicted molar refractivity (Wildman–Crippen MR) is 62.3 cm³/mol. The van der Waals surface area contributed by atoms with Crippen molar-refractivity contribution in [1.29, 1.82) is 0 Å². The summed E-state index contributed by atoms with van der Waals surface area (Å²) in [5.74, 6) is 0.784. The molecule has 0 bridgehead atoms. The molecule has 1 heterocycles. The Morgan fingerprint density at radius 1 is 1.29 bits per heavy atom. The number of halogens is 1. The summed E-state index contributed by atoms with van der Waals surface area (Å²) in [6, 6.07) is 8.14. The highest BCUT2D eigenvalue weighted by Crippen LogP contribution is 2.13. The van der Waals surface area contributed by atoms with Crippen LogP contribution in [0.3, 0.4) is 0 Å². The standard InChI is InChI=1S/C12H12FN3O/c1-14-11-6-12(16-8-15-11)17-7-9-4-2-3-5-10(9)13/h2-6,8H,7H2,1H3,(H,14,15,16). The first-order valence-electron chi connectivity index (χ1n) is 5.15. The number of hydrogen-bond donors (Lipinski definition) is 1. The summed E-state index contributed by atoms with van der Waals surface area (Å²) < 4.78 is 18.7. The molecule has 0 fully saturated rings. The van der Waals surface area contributed by atoms with Crippen molar-refractivity contribution in [2.75, 3.05) is 12.4 Å². The van der Waals surface area contributed by atoms with Gasteiger partial charge in [0.1, 0.15) is 24.6 Å². The van der Waals surface area contributed by atoms with Crippen LogP contribution >= 0.6 is 0 Å². The molecule has 0 aliphatic carbocycles. The number of rotatable bonds is 4. The lowest BCUT2D eigenvalue weighted by atomic mass is 10.2. The van der Waals surface area contributed by atoms with E-state index in [9.17, 15) is 4.39 Å². The Morgan fingerprint density at radius 2 is 2.12 bits per heavy atom. The van der Waals surface area contributed by atoms with Gasteiger partial charge in [-0.2, -0.15) is 0 Å². The van der Waals surface area contributed by atoms with Gasteiger partial charge in [-0.15, -0.1) is 0 Å². The molecule has 0 aliphatic heterocycles. The molecule has 0 amide bonds. The van der Waals surface area contributed by atoms with Crippen molar-refractivity contribution < 1.29 is 9.13 Å². The number of hydrogen-bond acceptors (Lipinski definition) is 4. The highest BCUT2D eigenvalue weighted by molar-refractivity contribution is 5.36. The molecule has 2 rings (SSSR count). The number of aromatic nitrogens is 2. The molecule has 0 radical (unpaired) electrons. The molecule has 0 saturated carbocycles. The van der Waals surface area contributed by atoms with Crippen LogP contribution in [0.25, 0.3) is 0 Å². The maximum atomic E-state index is 13.3.